The number of ether oxygens (including phenoxy) is 2. The average molecular weight is 346 g/mol. The number of rotatable bonds is 4. The molecule has 0 N–H and O–H groups in total. The molecule has 0 radical (unpaired) electrons. The third-order valence-electron chi connectivity index (χ3n) is 7.18. The lowest BCUT2D eigenvalue weighted by Gasteiger charge is -2.57. The van der Waals surface area contributed by atoms with Crippen LogP contribution in [-0.4, -0.2) is 25.7 Å². The van der Waals surface area contributed by atoms with Crippen molar-refractivity contribution in [1.82, 2.24) is 0 Å². The molecule has 3 rings (SSSR count). The molecule has 138 valence electrons. The number of esters is 2. The van der Waals surface area contributed by atoms with Gasteiger partial charge in [-0.2, -0.15) is 0 Å². The second-order valence-electron chi connectivity index (χ2n) is 8.44. The molecule has 0 bridgehead atoms. The normalized spacial score (nSPS) is 38.0. The highest BCUT2D eigenvalue weighted by molar-refractivity contribution is 5.90. The fourth-order valence-corrected chi connectivity index (χ4v) is 5.86. The van der Waals surface area contributed by atoms with Crippen molar-refractivity contribution in [2.75, 3.05) is 13.7 Å². The number of carbonyl (C=O) groups is 2. The molecular formula is C21H30O4. The maximum Gasteiger partial charge on any atom is 0.334 e. The van der Waals surface area contributed by atoms with Crippen molar-refractivity contribution in [3.05, 3.63) is 23.8 Å². The maximum atomic E-state index is 12.6. The molecule has 0 aromatic rings. The van der Waals surface area contributed by atoms with Crippen molar-refractivity contribution >= 4 is 11.9 Å². The van der Waals surface area contributed by atoms with Gasteiger partial charge >= 0.3 is 11.9 Å². The van der Waals surface area contributed by atoms with E-state index in [2.05, 4.69) is 20.4 Å². The third kappa shape index (κ3) is 2.94. The van der Waals surface area contributed by atoms with E-state index >= 15 is 0 Å². The quantitative estimate of drug-likeness (QED) is 0.565. The molecule has 0 aromatic heterocycles. The highest BCUT2D eigenvalue weighted by atomic mass is 16.5. The van der Waals surface area contributed by atoms with Gasteiger partial charge in [0.15, 0.2) is 0 Å². The summed E-state index contributed by atoms with van der Waals surface area (Å²) in [6, 6.07) is 0. The Morgan fingerprint density at radius 1 is 1.40 bits per heavy atom. The van der Waals surface area contributed by atoms with Crippen molar-refractivity contribution in [2.45, 2.75) is 58.8 Å². The largest absolute Gasteiger partial charge is 0.469 e. The van der Waals surface area contributed by atoms with E-state index in [1.54, 1.807) is 0 Å². The average Bonchev–Trinajstić information content (AvgIpc) is 2.98. The van der Waals surface area contributed by atoms with E-state index in [9.17, 15) is 9.59 Å². The molecule has 2 fully saturated rings. The molecule has 1 aliphatic heterocycles. The molecule has 1 unspecified atom stereocenters. The van der Waals surface area contributed by atoms with Crippen LogP contribution in [0.4, 0.5) is 0 Å². The molecular weight excluding hydrogens is 316 g/mol. The van der Waals surface area contributed by atoms with E-state index in [4.69, 9.17) is 9.47 Å². The van der Waals surface area contributed by atoms with Gasteiger partial charge in [0.1, 0.15) is 6.61 Å². The summed E-state index contributed by atoms with van der Waals surface area (Å²) in [5.41, 5.74) is 1.70. The van der Waals surface area contributed by atoms with Crippen LogP contribution in [0.3, 0.4) is 0 Å². The van der Waals surface area contributed by atoms with Crippen molar-refractivity contribution in [2.24, 2.45) is 22.7 Å². The Kier molecular flexibility index (Phi) is 4.82. The van der Waals surface area contributed by atoms with E-state index in [1.165, 1.54) is 12.7 Å². The zero-order valence-corrected chi connectivity index (χ0v) is 15.7. The molecule has 2 saturated carbocycles. The molecule has 4 nitrogen and oxygen atoms in total. The fourth-order valence-electron chi connectivity index (χ4n) is 5.86. The Balaban J connectivity index is 1.84. The Labute approximate surface area is 150 Å². The first-order valence-electron chi connectivity index (χ1n) is 9.45. The third-order valence-corrected chi connectivity index (χ3v) is 7.18. The maximum absolute atomic E-state index is 12.6. The monoisotopic (exact) mass is 346 g/mol. The fraction of sp³-hybridized carbons (Fsp3) is 0.714. The van der Waals surface area contributed by atoms with Crippen LogP contribution < -0.4 is 0 Å². The predicted octanol–water partition coefficient (Wildman–Crippen LogP) is 4.20. The van der Waals surface area contributed by atoms with Crippen molar-refractivity contribution in [3.63, 3.8) is 0 Å². The van der Waals surface area contributed by atoms with Gasteiger partial charge in [0.25, 0.3) is 0 Å². The number of hydrogen-bond donors (Lipinski definition) is 0. The summed E-state index contributed by atoms with van der Waals surface area (Å²) in [4.78, 5) is 24.3. The Bertz CT molecular complexity index is 619. The Morgan fingerprint density at radius 2 is 2.16 bits per heavy atom. The molecule has 0 amide bonds. The molecule has 0 spiro atoms. The van der Waals surface area contributed by atoms with E-state index < -0.39 is 5.41 Å². The number of carbonyl (C=O) groups excluding carboxylic acids is 2. The van der Waals surface area contributed by atoms with Crippen LogP contribution in [-0.2, 0) is 19.1 Å². The molecule has 0 saturated heterocycles. The first-order valence-corrected chi connectivity index (χ1v) is 9.45. The predicted molar refractivity (Wildman–Crippen MR) is 95.7 cm³/mol. The van der Waals surface area contributed by atoms with Gasteiger partial charge in [-0.1, -0.05) is 25.5 Å². The van der Waals surface area contributed by atoms with E-state index in [0.717, 1.165) is 50.5 Å². The van der Waals surface area contributed by atoms with Crippen LogP contribution in [0.1, 0.15) is 58.8 Å². The van der Waals surface area contributed by atoms with Crippen molar-refractivity contribution in [1.29, 1.82) is 0 Å². The van der Waals surface area contributed by atoms with Gasteiger partial charge in [0.05, 0.1) is 12.5 Å². The lowest BCUT2D eigenvalue weighted by molar-refractivity contribution is -0.168. The molecule has 3 aliphatic rings. The summed E-state index contributed by atoms with van der Waals surface area (Å²) in [5.74, 6) is 0.397. The Morgan fingerprint density at radius 3 is 2.80 bits per heavy atom. The Hall–Kier alpha value is -1.58. The standard InChI is InChI=1S/C21H30O4/c1-14-6-9-17-20(2,11-5-12-21(17,3)19(23)24-4)16(14)8-7-15-10-13-25-18(15)22/h10,16-17H,1,5-9,11-13H2,2-4H3/t16-,17?,20+,21-/m0/s1. The zero-order chi connectivity index (χ0) is 18.2. The number of cyclic esters (lactones) is 1. The van der Waals surface area contributed by atoms with Gasteiger partial charge in [0.2, 0.25) is 0 Å². The smallest absolute Gasteiger partial charge is 0.334 e. The van der Waals surface area contributed by atoms with Gasteiger partial charge in [-0.3, -0.25) is 4.79 Å². The van der Waals surface area contributed by atoms with E-state index in [-0.39, 0.29) is 17.4 Å². The number of methoxy groups -OCH3 is 1. The highest BCUT2D eigenvalue weighted by Gasteiger charge is 2.57. The van der Waals surface area contributed by atoms with E-state index in [0.29, 0.717) is 18.4 Å². The first-order chi connectivity index (χ1) is 11.8. The lowest BCUT2D eigenvalue weighted by Crippen LogP contribution is -2.53. The van der Waals surface area contributed by atoms with Gasteiger partial charge in [-0.25, -0.2) is 4.79 Å². The topological polar surface area (TPSA) is 52.6 Å². The van der Waals surface area contributed by atoms with E-state index in [1.807, 2.05) is 6.08 Å². The summed E-state index contributed by atoms with van der Waals surface area (Å²) in [5, 5.41) is 0. The molecule has 0 aromatic carbocycles. The van der Waals surface area contributed by atoms with Crippen LogP contribution in [0.2, 0.25) is 0 Å². The van der Waals surface area contributed by atoms with Crippen molar-refractivity contribution in [3.8, 4) is 0 Å². The molecule has 2 aliphatic carbocycles. The second-order valence-corrected chi connectivity index (χ2v) is 8.44. The highest BCUT2D eigenvalue weighted by Crippen LogP contribution is 2.62. The number of allylic oxidation sites excluding steroid dienone is 1. The molecule has 1 heterocycles. The SMILES string of the molecule is C=C1CCC2[C@](C)(CCC[C@]2(C)C(=O)OC)[C@H]1CCC1=CCOC1=O. The molecule has 4 atom stereocenters. The van der Waals surface area contributed by atoms with Crippen LogP contribution in [0, 0.1) is 22.7 Å². The summed E-state index contributed by atoms with van der Waals surface area (Å²) in [6.07, 6.45) is 8.54. The lowest BCUT2D eigenvalue weighted by atomic mass is 9.46. The van der Waals surface area contributed by atoms with Crippen molar-refractivity contribution < 1.29 is 19.1 Å². The summed E-state index contributed by atoms with van der Waals surface area (Å²) in [6.45, 7) is 9.17. The van der Waals surface area contributed by atoms with Gasteiger partial charge in [-0.05, 0) is 68.8 Å². The molecule has 4 heteroatoms. The van der Waals surface area contributed by atoms with Crippen LogP contribution in [0.25, 0.3) is 0 Å². The minimum Gasteiger partial charge on any atom is -0.469 e. The summed E-state index contributed by atoms with van der Waals surface area (Å²) >= 11 is 0. The van der Waals surface area contributed by atoms with Gasteiger partial charge in [-0.15, -0.1) is 0 Å². The number of fused-ring (bicyclic) bond motifs is 1. The summed E-state index contributed by atoms with van der Waals surface area (Å²) < 4.78 is 10.2. The number of hydrogen-bond acceptors (Lipinski definition) is 4. The van der Waals surface area contributed by atoms with Gasteiger partial charge < -0.3 is 9.47 Å². The van der Waals surface area contributed by atoms with Gasteiger partial charge in [0, 0.05) is 5.57 Å². The first kappa shape index (κ1) is 18.2. The van der Waals surface area contributed by atoms with Crippen LogP contribution in [0.15, 0.2) is 23.8 Å². The minimum atomic E-state index is -0.410. The summed E-state index contributed by atoms with van der Waals surface area (Å²) in [7, 11) is 1.50. The zero-order valence-electron chi connectivity index (χ0n) is 15.7. The minimum absolute atomic E-state index is 0.0413. The van der Waals surface area contributed by atoms with Crippen LogP contribution in [0.5, 0.6) is 0 Å². The molecule has 25 heavy (non-hydrogen) atoms. The van der Waals surface area contributed by atoms with Crippen LogP contribution >= 0.6 is 0 Å². The second kappa shape index (κ2) is 6.62.